The van der Waals surface area contributed by atoms with Crippen LogP contribution >= 0.6 is 0 Å². The Balaban J connectivity index is 1.88. The molecule has 3 nitrogen and oxygen atoms in total. The Morgan fingerprint density at radius 1 is 1.50 bits per heavy atom. The third-order valence-electron chi connectivity index (χ3n) is 2.47. The molecule has 2 aliphatic heterocycles. The van der Waals surface area contributed by atoms with Crippen LogP contribution in [0.3, 0.4) is 0 Å². The van der Waals surface area contributed by atoms with Crippen LogP contribution in [-0.4, -0.2) is 31.7 Å². The lowest BCUT2D eigenvalue weighted by Crippen LogP contribution is -2.31. The van der Waals surface area contributed by atoms with E-state index in [0.29, 0.717) is 12.7 Å². The topological polar surface area (TPSA) is 27.7 Å². The Labute approximate surface area is 73.0 Å². The zero-order chi connectivity index (χ0) is 8.44. The van der Waals surface area contributed by atoms with Crippen molar-refractivity contribution in [2.24, 2.45) is 0 Å². The van der Waals surface area contributed by atoms with Gasteiger partial charge in [-0.25, -0.2) is 0 Å². The van der Waals surface area contributed by atoms with Crippen molar-refractivity contribution in [1.82, 2.24) is 0 Å². The van der Waals surface area contributed by atoms with Crippen LogP contribution in [0.5, 0.6) is 0 Å². The van der Waals surface area contributed by atoms with Crippen LogP contribution in [0.2, 0.25) is 0 Å². The first-order valence-electron chi connectivity index (χ1n) is 4.74. The molecule has 0 saturated carbocycles. The molecular formula is C9H16O3. The molecule has 0 amide bonds. The molecule has 0 N–H and O–H groups in total. The van der Waals surface area contributed by atoms with E-state index in [9.17, 15) is 0 Å². The summed E-state index contributed by atoms with van der Waals surface area (Å²) in [5, 5.41) is 0. The maximum atomic E-state index is 5.80. The van der Waals surface area contributed by atoms with E-state index in [1.807, 2.05) is 0 Å². The predicted molar refractivity (Wildman–Crippen MR) is 43.9 cm³/mol. The molecule has 1 spiro atoms. The zero-order valence-corrected chi connectivity index (χ0v) is 7.54. The number of hydrogen-bond donors (Lipinski definition) is 0. The van der Waals surface area contributed by atoms with Crippen LogP contribution in [0, 0.1) is 0 Å². The summed E-state index contributed by atoms with van der Waals surface area (Å²) in [6.07, 6.45) is 3.46. The average molecular weight is 172 g/mol. The summed E-state index contributed by atoms with van der Waals surface area (Å²) in [5.74, 6) is -0.361. The Kier molecular flexibility index (Phi) is 2.35. The lowest BCUT2D eigenvalue weighted by molar-refractivity contribution is -0.165. The van der Waals surface area contributed by atoms with Crippen LogP contribution < -0.4 is 0 Å². The van der Waals surface area contributed by atoms with Crippen molar-refractivity contribution in [1.29, 1.82) is 0 Å². The van der Waals surface area contributed by atoms with E-state index in [-0.39, 0.29) is 5.79 Å². The maximum Gasteiger partial charge on any atom is 0.194 e. The molecule has 0 radical (unpaired) electrons. The summed E-state index contributed by atoms with van der Waals surface area (Å²) in [6, 6.07) is 0. The Morgan fingerprint density at radius 3 is 3.08 bits per heavy atom. The molecule has 2 heterocycles. The van der Waals surface area contributed by atoms with E-state index in [1.54, 1.807) is 0 Å². The SMILES string of the molecule is CCCC1COC2(CCOC2)O1. The van der Waals surface area contributed by atoms with E-state index < -0.39 is 0 Å². The van der Waals surface area contributed by atoms with E-state index in [2.05, 4.69) is 6.92 Å². The first-order chi connectivity index (χ1) is 5.85. The van der Waals surface area contributed by atoms with Gasteiger partial charge in [0.25, 0.3) is 0 Å². The van der Waals surface area contributed by atoms with Crippen LogP contribution in [0.15, 0.2) is 0 Å². The summed E-state index contributed by atoms with van der Waals surface area (Å²) in [7, 11) is 0. The molecule has 2 rings (SSSR count). The molecule has 70 valence electrons. The van der Waals surface area contributed by atoms with Crippen molar-refractivity contribution in [2.45, 2.75) is 38.1 Å². The molecule has 2 atom stereocenters. The lowest BCUT2D eigenvalue weighted by atomic mass is 10.2. The Morgan fingerprint density at radius 2 is 2.42 bits per heavy atom. The second-order valence-corrected chi connectivity index (χ2v) is 3.55. The first-order valence-corrected chi connectivity index (χ1v) is 4.74. The van der Waals surface area contributed by atoms with Crippen molar-refractivity contribution in [3.05, 3.63) is 0 Å². The second-order valence-electron chi connectivity index (χ2n) is 3.55. The van der Waals surface area contributed by atoms with Gasteiger partial charge in [-0.15, -0.1) is 0 Å². The lowest BCUT2D eigenvalue weighted by Gasteiger charge is -2.19. The van der Waals surface area contributed by atoms with E-state index >= 15 is 0 Å². The minimum atomic E-state index is -0.361. The molecule has 0 aromatic carbocycles. The highest BCUT2D eigenvalue weighted by Crippen LogP contribution is 2.32. The second kappa shape index (κ2) is 3.32. The van der Waals surface area contributed by atoms with Crippen molar-refractivity contribution in [3.63, 3.8) is 0 Å². The Bertz CT molecular complexity index is 152. The number of ether oxygens (including phenoxy) is 3. The molecule has 2 saturated heterocycles. The molecule has 3 heteroatoms. The molecule has 0 aromatic rings. The monoisotopic (exact) mass is 172 g/mol. The van der Waals surface area contributed by atoms with Crippen molar-refractivity contribution in [2.75, 3.05) is 19.8 Å². The quantitative estimate of drug-likeness (QED) is 0.628. The third-order valence-corrected chi connectivity index (χ3v) is 2.47. The first kappa shape index (κ1) is 8.48. The fourth-order valence-electron chi connectivity index (χ4n) is 1.82. The normalized spacial score (nSPS) is 41.2. The molecule has 2 fully saturated rings. The van der Waals surface area contributed by atoms with Crippen LogP contribution in [0.25, 0.3) is 0 Å². The molecule has 0 aromatic heterocycles. The van der Waals surface area contributed by atoms with E-state index in [0.717, 1.165) is 32.5 Å². The highest BCUT2D eigenvalue weighted by atomic mass is 16.8. The largest absolute Gasteiger partial charge is 0.376 e. The van der Waals surface area contributed by atoms with Gasteiger partial charge < -0.3 is 14.2 Å². The zero-order valence-electron chi connectivity index (χ0n) is 7.54. The van der Waals surface area contributed by atoms with Crippen molar-refractivity contribution in [3.8, 4) is 0 Å². The summed E-state index contributed by atoms with van der Waals surface area (Å²) in [6.45, 7) is 4.31. The number of rotatable bonds is 2. The average Bonchev–Trinajstić information content (AvgIpc) is 2.65. The van der Waals surface area contributed by atoms with Gasteiger partial charge in [0, 0.05) is 6.42 Å². The highest BCUT2D eigenvalue weighted by molar-refractivity contribution is 4.82. The predicted octanol–water partition coefficient (Wildman–Crippen LogP) is 1.32. The molecule has 0 bridgehead atoms. The van der Waals surface area contributed by atoms with Gasteiger partial charge in [0.2, 0.25) is 0 Å². The van der Waals surface area contributed by atoms with Gasteiger partial charge in [-0.2, -0.15) is 0 Å². The van der Waals surface area contributed by atoms with Gasteiger partial charge in [0.1, 0.15) is 6.61 Å². The van der Waals surface area contributed by atoms with Gasteiger partial charge in [-0.05, 0) is 6.42 Å². The molecule has 0 aliphatic carbocycles. The van der Waals surface area contributed by atoms with Crippen LogP contribution in [0.1, 0.15) is 26.2 Å². The van der Waals surface area contributed by atoms with Gasteiger partial charge in [0.05, 0.1) is 19.3 Å². The third kappa shape index (κ3) is 1.49. The summed E-state index contributed by atoms with van der Waals surface area (Å²) >= 11 is 0. The summed E-state index contributed by atoms with van der Waals surface area (Å²) in [5.41, 5.74) is 0. The van der Waals surface area contributed by atoms with Gasteiger partial charge >= 0.3 is 0 Å². The highest BCUT2D eigenvalue weighted by Gasteiger charge is 2.44. The fourth-order valence-corrected chi connectivity index (χ4v) is 1.82. The van der Waals surface area contributed by atoms with Gasteiger partial charge in [-0.3, -0.25) is 0 Å². The van der Waals surface area contributed by atoms with Crippen molar-refractivity contribution < 1.29 is 14.2 Å². The minimum Gasteiger partial charge on any atom is -0.376 e. The van der Waals surface area contributed by atoms with Crippen LogP contribution in [0.4, 0.5) is 0 Å². The van der Waals surface area contributed by atoms with Gasteiger partial charge in [-0.1, -0.05) is 13.3 Å². The van der Waals surface area contributed by atoms with Crippen LogP contribution in [-0.2, 0) is 14.2 Å². The van der Waals surface area contributed by atoms with E-state index in [4.69, 9.17) is 14.2 Å². The maximum absolute atomic E-state index is 5.80. The molecular weight excluding hydrogens is 156 g/mol. The molecule has 2 unspecified atom stereocenters. The molecule has 12 heavy (non-hydrogen) atoms. The minimum absolute atomic E-state index is 0.302. The van der Waals surface area contributed by atoms with Gasteiger partial charge in [0.15, 0.2) is 5.79 Å². The standard InChI is InChI=1S/C9H16O3/c1-2-3-8-6-11-9(12-8)4-5-10-7-9/h8H,2-7H2,1H3. The van der Waals surface area contributed by atoms with E-state index in [1.165, 1.54) is 0 Å². The summed E-state index contributed by atoms with van der Waals surface area (Å²) in [4.78, 5) is 0. The number of hydrogen-bond acceptors (Lipinski definition) is 3. The molecule has 2 aliphatic rings. The smallest absolute Gasteiger partial charge is 0.194 e. The summed E-state index contributed by atoms with van der Waals surface area (Å²) < 4.78 is 16.7. The van der Waals surface area contributed by atoms with Crippen molar-refractivity contribution >= 4 is 0 Å². The fraction of sp³-hybridized carbons (Fsp3) is 1.00. The Hall–Kier alpha value is -0.120.